The molecule has 0 fully saturated rings. The van der Waals surface area contributed by atoms with Crippen molar-refractivity contribution in [1.82, 2.24) is 4.57 Å². The van der Waals surface area contributed by atoms with E-state index in [4.69, 9.17) is 0 Å². The van der Waals surface area contributed by atoms with Crippen molar-refractivity contribution in [2.45, 2.75) is 19.6 Å². The molecule has 0 radical (unpaired) electrons. The molecule has 1 aromatic heterocycles. The maximum absolute atomic E-state index is 13.2. The monoisotopic (exact) mass is 393 g/mol. The Morgan fingerprint density at radius 1 is 0.862 bits per heavy atom. The second-order valence-corrected chi connectivity index (χ2v) is 7.07. The van der Waals surface area contributed by atoms with Crippen LogP contribution in [0.25, 0.3) is 22.0 Å². The van der Waals surface area contributed by atoms with Crippen molar-refractivity contribution in [3.63, 3.8) is 0 Å². The third kappa shape index (κ3) is 3.81. The van der Waals surface area contributed by atoms with Gasteiger partial charge in [-0.1, -0.05) is 60.2 Å². The van der Waals surface area contributed by atoms with Gasteiger partial charge in [0.1, 0.15) is 0 Å². The van der Waals surface area contributed by atoms with Crippen LogP contribution in [0.15, 0.2) is 83.7 Å². The average molecular weight is 393 g/mol. The lowest BCUT2D eigenvalue weighted by atomic mass is 10.0. The molecule has 0 spiro atoms. The first kappa shape index (κ1) is 19.0. The second-order valence-electron chi connectivity index (χ2n) is 7.07. The molecule has 5 heteroatoms. The molecule has 4 rings (SSSR count). The van der Waals surface area contributed by atoms with Crippen molar-refractivity contribution < 1.29 is 13.2 Å². The van der Waals surface area contributed by atoms with E-state index in [0.717, 1.165) is 23.3 Å². The van der Waals surface area contributed by atoms with Gasteiger partial charge in [0.2, 0.25) is 0 Å². The van der Waals surface area contributed by atoms with E-state index in [1.165, 1.54) is 6.07 Å². The molecule has 3 aromatic carbocycles. The van der Waals surface area contributed by atoms with Crippen LogP contribution in [0.1, 0.15) is 16.7 Å². The number of aryl methyl sites for hydroxylation is 1. The van der Waals surface area contributed by atoms with Crippen LogP contribution in [0.2, 0.25) is 0 Å². The maximum Gasteiger partial charge on any atom is 0.416 e. The Kier molecular flexibility index (Phi) is 4.74. The van der Waals surface area contributed by atoms with Crippen LogP contribution >= 0.6 is 0 Å². The number of nitrogens with zero attached hydrogens (tertiary/aromatic N) is 1. The highest BCUT2D eigenvalue weighted by Gasteiger charge is 2.30. The predicted octanol–water partition coefficient (Wildman–Crippen LogP) is 6.04. The summed E-state index contributed by atoms with van der Waals surface area (Å²) < 4.78 is 41.2. The van der Waals surface area contributed by atoms with E-state index in [9.17, 15) is 18.0 Å². The summed E-state index contributed by atoms with van der Waals surface area (Å²) in [5.74, 6) is 0. The molecule has 4 aromatic rings. The third-order valence-electron chi connectivity index (χ3n) is 4.97. The van der Waals surface area contributed by atoms with Crippen LogP contribution < -0.4 is 5.56 Å². The van der Waals surface area contributed by atoms with Gasteiger partial charge in [-0.15, -0.1) is 0 Å². The lowest BCUT2D eigenvalue weighted by Gasteiger charge is -2.16. The van der Waals surface area contributed by atoms with Crippen molar-refractivity contribution in [3.8, 4) is 11.3 Å². The number of aromatic nitrogens is 1. The Morgan fingerprint density at radius 3 is 2.31 bits per heavy atom. The van der Waals surface area contributed by atoms with E-state index in [2.05, 4.69) is 0 Å². The summed E-state index contributed by atoms with van der Waals surface area (Å²) in [6.45, 7) is 2.25. The van der Waals surface area contributed by atoms with E-state index < -0.39 is 11.7 Å². The molecule has 0 aliphatic carbocycles. The number of alkyl halides is 3. The first-order valence-electron chi connectivity index (χ1n) is 9.19. The Morgan fingerprint density at radius 2 is 1.59 bits per heavy atom. The molecule has 0 atom stereocenters. The van der Waals surface area contributed by atoms with Crippen LogP contribution in [0.5, 0.6) is 0 Å². The number of hydrogen-bond donors (Lipinski definition) is 0. The smallest absolute Gasteiger partial charge is 0.303 e. The SMILES string of the molecule is Cc1ccc(Cn2c(-c3cccc(C(F)(F)F)c3)cc3ccccc3c2=O)cc1. The standard InChI is InChI=1S/C24H18F3NO/c1-16-9-11-17(12-10-16)15-28-22(14-18-5-2-3-8-21(18)23(28)29)19-6-4-7-20(13-19)24(25,26)27/h2-14H,15H2,1H3. The minimum Gasteiger partial charge on any atom is -0.303 e. The molecule has 29 heavy (non-hydrogen) atoms. The largest absolute Gasteiger partial charge is 0.416 e. The van der Waals surface area contributed by atoms with E-state index in [1.807, 2.05) is 37.3 Å². The topological polar surface area (TPSA) is 22.0 Å². The molecule has 0 unspecified atom stereocenters. The van der Waals surface area contributed by atoms with Crippen LogP contribution in [-0.4, -0.2) is 4.57 Å². The quantitative estimate of drug-likeness (QED) is 0.416. The average Bonchev–Trinajstić information content (AvgIpc) is 2.71. The van der Waals surface area contributed by atoms with E-state index >= 15 is 0 Å². The summed E-state index contributed by atoms with van der Waals surface area (Å²) in [6, 6.07) is 21.7. The number of pyridine rings is 1. The van der Waals surface area contributed by atoms with Crippen LogP contribution in [0.4, 0.5) is 13.2 Å². The molecule has 0 N–H and O–H groups in total. The zero-order valence-electron chi connectivity index (χ0n) is 15.7. The van der Waals surface area contributed by atoms with Gasteiger partial charge in [0.05, 0.1) is 17.8 Å². The molecular formula is C24H18F3NO. The number of halogens is 3. The van der Waals surface area contributed by atoms with E-state index in [1.54, 1.807) is 34.9 Å². The summed E-state index contributed by atoms with van der Waals surface area (Å²) in [5.41, 5.74) is 1.85. The van der Waals surface area contributed by atoms with Crippen molar-refractivity contribution in [2.75, 3.05) is 0 Å². The molecule has 0 aliphatic rings. The highest BCUT2D eigenvalue weighted by molar-refractivity contribution is 5.85. The summed E-state index contributed by atoms with van der Waals surface area (Å²) in [5, 5.41) is 1.24. The summed E-state index contributed by atoms with van der Waals surface area (Å²) in [4.78, 5) is 13.2. The van der Waals surface area contributed by atoms with Gasteiger partial charge in [0, 0.05) is 5.39 Å². The first-order chi connectivity index (χ1) is 13.8. The fraction of sp³-hybridized carbons (Fsp3) is 0.125. The fourth-order valence-electron chi connectivity index (χ4n) is 3.42. The maximum atomic E-state index is 13.2. The van der Waals surface area contributed by atoms with Gasteiger partial charge in [-0.05, 0) is 47.7 Å². The lowest BCUT2D eigenvalue weighted by Crippen LogP contribution is -2.22. The summed E-state index contributed by atoms with van der Waals surface area (Å²) >= 11 is 0. The highest BCUT2D eigenvalue weighted by atomic mass is 19.4. The first-order valence-corrected chi connectivity index (χ1v) is 9.19. The number of fused-ring (bicyclic) bond motifs is 1. The van der Waals surface area contributed by atoms with Crippen molar-refractivity contribution in [3.05, 3.63) is 106 Å². The van der Waals surface area contributed by atoms with Gasteiger partial charge in [-0.25, -0.2) is 0 Å². The fourth-order valence-corrected chi connectivity index (χ4v) is 3.42. The molecule has 0 bridgehead atoms. The number of rotatable bonds is 3. The van der Waals surface area contributed by atoms with E-state index in [0.29, 0.717) is 22.0 Å². The van der Waals surface area contributed by atoms with Crippen LogP contribution in [-0.2, 0) is 12.7 Å². The molecule has 146 valence electrons. The highest BCUT2D eigenvalue weighted by Crippen LogP contribution is 2.32. The second kappa shape index (κ2) is 7.24. The molecule has 0 aliphatic heterocycles. The zero-order chi connectivity index (χ0) is 20.6. The third-order valence-corrected chi connectivity index (χ3v) is 4.97. The normalized spacial score (nSPS) is 11.7. The van der Waals surface area contributed by atoms with Crippen molar-refractivity contribution >= 4 is 10.8 Å². The lowest BCUT2D eigenvalue weighted by molar-refractivity contribution is -0.137. The molecule has 0 saturated heterocycles. The molecule has 0 saturated carbocycles. The summed E-state index contributed by atoms with van der Waals surface area (Å²) in [7, 11) is 0. The van der Waals surface area contributed by atoms with Gasteiger partial charge >= 0.3 is 6.18 Å². The Hall–Kier alpha value is -3.34. The molecular weight excluding hydrogens is 375 g/mol. The molecule has 2 nitrogen and oxygen atoms in total. The Balaban J connectivity index is 1.95. The number of hydrogen-bond acceptors (Lipinski definition) is 1. The van der Waals surface area contributed by atoms with Crippen molar-refractivity contribution in [2.24, 2.45) is 0 Å². The Labute approximate surface area is 165 Å². The van der Waals surface area contributed by atoms with Crippen molar-refractivity contribution in [1.29, 1.82) is 0 Å². The van der Waals surface area contributed by atoms with Gasteiger partial charge in [0.15, 0.2) is 0 Å². The van der Waals surface area contributed by atoms with Crippen LogP contribution in [0, 0.1) is 6.92 Å². The summed E-state index contributed by atoms with van der Waals surface area (Å²) in [6.07, 6.45) is -4.45. The van der Waals surface area contributed by atoms with Crippen LogP contribution in [0.3, 0.4) is 0 Å². The van der Waals surface area contributed by atoms with Gasteiger partial charge in [-0.3, -0.25) is 4.79 Å². The van der Waals surface area contributed by atoms with E-state index in [-0.39, 0.29) is 12.1 Å². The van der Waals surface area contributed by atoms with Gasteiger partial charge in [-0.2, -0.15) is 13.2 Å². The van der Waals surface area contributed by atoms with Gasteiger partial charge < -0.3 is 4.57 Å². The minimum atomic E-state index is -4.45. The zero-order valence-corrected chi connectivity index (χ0v) is 15.7. The molecule has 1 heterocycles. The van der Waals surface area contributed by atoms with Gasteiger partial charge in [0.25, 0.3) is 5.56 Å². The molecule has 0 amide bonds. The Bertz CT molecular complexity index is 1240. The minimum absolute atomic E-state index is 0.226. The predicted molar refractivity (Wildman–Crippen MR) is 109 cm³/mol. The number of benzene rings is 3.